The molecule has 0 amide bonds. The lowest BCUT2D eigenvalue weighted by atomic mass is 10.2. The molecule has 0 bridgehead atoms. The molecule has 10 nitrogen and oxygen atoms in total. The van der Waals surface area contributed by atoms with E-state index >= 15 is 0 Å². The van der Waals surface area contributed by atoms with Gasteiger partial charge in [0.1, 0.15) is 0 Å². The lowest BCUT2D eigenvalue weighted by Crippen LogP contribution is -2.29. The third kappa shape index (κ3) is 8.19. The molecule has 10 heteroatoms. The molecule has 2 heterocycles. The van der Waals surface area contributed by atoms with Gasteiger partial charge in [-0.2, -0.15) is 0 Å². The van der Waals surface area contributed by atoms with Gasteiger partial charge in [0, 0.05) is 44.2 Å². The van der Waals surface area contributed by atoms with Crippen LogP contribution < -0.4 is 21.3 Å². The van der Waals surface area contributed by atoms with E-state index in [9.17, 15) is 19.8 Å². The highest BCUT2D eigenvalue weighted by Crippen LogP contribution is 2.13. The van der Waals surface area contributed by atoms with Gasteiger partial charge in [0.2, 0.25) is 0 Å². The maximum Gasteiger partial charge on any atom is 0.354 e. The molecule has 0 spiro atoms. The van der Waals surface area contributed by atoms with Gasteiger partial charge in [0.05, 0.1) is 11.4 Å². The van der Waals surface area contributed by atoms with Crippen molar-refractivity contribution in [2.75, 3.05) is 30.4 Å². The molecule has 0 atom stereocenters. The number of nitrogens with zero attached hydrogens (tertiary/aromatic N) is 2. The van der Waals surface area contributed by atoms with Crippen LogP contribution in [0.25, 0.3) is 0 Å². The Morgan fingerprint density at radius 1 is 0.774 bits per heavy atom. The van der Waals surface area contributed by atoms with Crippen molar-refractivity contribution in [1.29, 1.82) is 0 Å². The van der Waals surface area contributed by atoms with Crippen LogP contribution in [-0.4, -0.2) is 51.9 Å². The van der Waals surface area contributed by atoms with Gasteiger partial charge >= 0.3 is 11.9 Å². The molecule has 31 heavy (non-hydrogen) atoms. The second-order valence-corrected chi connectivity index (χ2v) is 6.96. The lowest BCUT2D eigenvalue weighted by molar-refractivity contribution is 0.0679. The minimum Gasteiger partial charge on any atom is -0.477 e. The lowest BCUT2D eigenvalue weighted by Gasteiger charge is -2.11. The average Bonchev–Trinajstić information content (AvgIpc) is 2.75. The summed E-state index contributed by atoms with van der Waals surface area (Å²) in [5.41, 5.74) is 2.65. The molecule has 0 fully saturated rings. The van der Waals surface area contributed by atoms with E-state index in [0.29, 0.717) is 31.1 Å². The fraction of sp³-hybridized carbons (Fsp3) is 0.429. The third-order valence-corrected chi connectivity index (χ3v) is 4.22. The molecule has 0 aromatic carbocycles. The highest BCUT2D eigenvalue weighted by atomic mass is 16.4. The first-order valence-electron chi connectivity index (χ1n) is 10.3. The molecular weight excluding hydrogens is 400 g/mol. The summed E-state index contributed by atoms with van der Waals surface area (Å²) in [5, 5.41) is 31.2. The van der Waals surface area contributed by atoms with Crippen molar-refractivity contribution >= 4 is 23.3 Å². The zero-order chi connectivity index (χ0) is 22.6. The molecule has 168 valence electrons. The zero-order valence-electron chi connectivity index (χ0n) is 17.9. The Labute approximate surface area is 181 Å². The molecule has 2 aromatic heterocycles. The van der Waals surface area contributed by atoms with E-state index in [2.05, 4.69) is 31.2 Å². The Kier molecular flexibility index (Phi) is 9.66. The molecule has 6 N–H and O–H groups in total. The quantitative estimate of drug-likeness (QED) is 0.195. The molecule has 0 saturated heterocycles. The maximum absolute atomic E-state index is 11.3. The largest absolute Gasteiger partial charge is 0.477 e. The van der Waals surface area contributed by atoms with E-state index in [1.165, 1.54) is 12.1 Å². The van der Waals surface area contributed by atoms with Crippen molar-refractivity contribution < 1.29 is 19.8 Å². The number of carboxylic acids is 2. The van der Waals surface area contributed by atoms with Gasteiger partial charge in [-0.3, -0.25) is 10.6 Å². The van der Waals surface area contributed by atoms with Crippen LogP contribution in [0.1, 0.15) is 59.1 Å². The van der Waals surface area contributed by atoms with E-state index in [-0.39, 0.29) is 11.4 Å². The minimum atomic E-state index is -1.07. The van der Waals surface area contributed by atoms with E-state index in [1.54, 1.807) is 0 Å². The van der Waals surface area contributed by atoms with Crippen molar-refractivity contribution in [2.45, 2.75) is 39.8 Å². The predicted molar refractivity (Wildman–Crippen MR) is 119 cm³/mol. The highest BCUT2D eigenvalue weighted by Gasteiger charge is 2.10. The van der Waals surface area contributed by atoms with E-state index in [1.807, 2.05) is 26.0 Å². The van der Waals surface area contributed by atoms with E-state index < -0.39 is 11.9 Å². The molecule has 0 aliphatic rings. The molecule has 0 saturated carbocycles. The maximum atomic E-state index is 11.3. The van der Waals surface area contributed by atoms with Gasteiger partial charge in [-0.1, -0.05) is 13.8 Å². The second-order valence-electron chi connectivity index (χ2n) is 6.96. The molecule has 0 radical (unpaired) electrons. The number of aromatic carboxylic acids is 2. The van der Waals surface area contributed by atoms with Crippen LogP contribution in [0.4, 0.5) is 11.4 Å². The van der Waals surface area contributed by atoms with Crippen molar-refractivity contribution in [3.63, 3.8) is 0 Å². The van der Waals surface area contributed by atoms with Crippen molar-refractivity contribution in [3.05, 3.63) is 47.0 Å². The molecule has 2 aromatic rings. The number of nitrogens with one attached hydrogen (secondary N) is 4. The summed E-state index contributed by atoms with van der Waals surface area (Å²) >= 11 is 0. The van der Waals surface area contributed by atoms with E-state index in [0.717, 1.165) is 37.3 Å². The summed E-state index contributed by atoms with van der Waals surface area (Å²) < 4.78 is 0. The first-order valence-corrected chi connectivity index (χ1v) is 10.3. The van der Waals surface area contributed by atoms with Gasteiger partial charge in [0.15, 0.2) is 11.4 Å². The highest BCUT2D eigenvalue weighted by molar-refractivity contribution is 5.87. The van der Waals surface area contributed by atoms with Gasteiger partial charge in [-0.05, 0) is 37.1 Å². The third-order valence-electron chi connectivity index (χ3n) is 4.22. The Bertz CT molecular complexity index is 819. The molecular formula is C21H30N6O4. The fourth-order valence-corrected chi connectivity index (χ4v) is 2.79. The van der Waals surface area contributed by atoms with Crippen LogP contribution >= 0.6 is 0 Å². The Morgan fingerprint density at radius 2 is 1.19 bits per heavy atom. The first kappa shape index (κ1) is 24.0. The number of pyridine rings is 2. The molecule has 0 aliphatic heterocycles. The molecule has 2 rings (SSSR count). The van der Waals surface area contributed by atoms with Crippen LogP contribution in [0.5, 0.6) is 0 Å². The molecule has 0 unspecified atom stereocenters. The van der Waals surface area contributed by atoms with Gasteiger partial charge in [-0.15, -0.1) is 0 Å². The number of aromatic nitrogens is 2. The van der Waals surface area contributed by atoms with Crippen LogP contribution in [0.2, 0.25) is 0 Å². The van der Waals surface area contributed by atoms with Crippen LogP contribution in [0.3, 0.4) is 0 Å². The minimum absolute atomic E-state index is 0.00680. The number of hydrogen-bond donors (Lipinski definition) is 6. The normalized spacial score (nSPS) is 10.6. The smallest absolute Gasteiger partial charge is 0.354 e. The van der Waals surface area contributed by atoms with Crippen LogP contribution in [-0.2, 0) is 13.1 Å². The van der Waals surface area contributed by atoms with Gasteiger partial charge in [-0.25, -0.2) is 19.6 Å². The summed E-state index contributed by atoms with van der Waals surface area (Å²) in [7, 11) is 0. The number of carbonyl (C=O) groups is 2. The average molecular weight is 431 g/mol. The fourth-order valence-electron chi connectivity index (χ4n) is 2.79. The standard InChI is InChI=1S/C21H30N6O4/c1-3-5-24-14-7-16(26-18(9-14)20(28)29)11-22-13-23-12-17-8-15(25-6-4-2)10-19(27-17)21(30)31/h7-10,22-23H,3-6,11-13H2,1-2H3,(H,24,26)(H,25,27)(H,28,29)(H,30,31). The number of rotatable bonds is 14. The molecule has 0 aliphatic carbocycles. The zero-order valence-corrected chi connectivity index (χ0v) is 17.9. The Balaban J connectivity index is 1.91. The number of anilines is 2. The van der Waals surface area contributed by atoms with Crippen molar-refractivity contribution in [1.82, 2.24) is 20.6 Å². The summed E-state index contributed by atoms with van der Waals surface area (Å²) in [5.74, 6) is -2.15. The Morgan fingerprint density at radius 3 is 1.55 bits per heavy atom. The predicted octanol–water partition coefficient (Wildman–Crippen LogP) is 2.35. The first-order chi connectivity index (χ1) is 14.9. The van der Waals surface area contributed by atoms with E-state index in [4.69, 9.17) is 0 Å². The SMILES string of the molecule is CCCNc1cc(CNCNCc2cc(NCCC)cc(C(=O)O)n2)nc(C(=O)O)c1. The van der Waals surface area contributed by atoms with Crippen molar-refractivity contribution in [3.8, 4) is 0 Å². The summed E-state index contributed by atoms with van der Waals surface area (Å²) in [6, 6.07) is 6.67. The summed E-state index contributed by atoms with van der Waals surface area (Å²) in [6.45, 7) is 6.72. The number of carboxylic acid groups (broad SMARTS) is 2. The van der Waals surface area contributed by atoms with Crippen molar-refractivity contribution in [2.24, 2.45) is 0 Å². The monoisotopic (exact) mass is 430 g/mol. The topological polar surface area (TPSA) is 148 Å². The summed E-state index contributed by atoms with van der Waals surface area (Å²) in [6.07, 6.45) is 1.85. The summed E-state index contributed by atoms with van der Waals surface area (Å²) in [4.78, 5) is 30.9. The van der Waals surface area contributed by atoms with Gasteiger partial charge < -0.3 is 20.8 Å². The van der Waals surface area contributed by atoms with Crippen LogP contribution in [0, 0.1) is 0 Å². The van der Waals surface area contributed by atoms with Gasteiger partial charge in [0.25, 0.3) is 0 Å². The number of hydrogen-bond acceptors (Lipinski definition) is 8. The second kappa shape index (κ2) is 12.5. The van der Waals surface area contributed by atoms with Crippen LogP contribution in [0.15, 0.2) is 24.3 Å². The Hall–Kier alpha value is -3.24.